The molecule has 0 radical (unpaired) electrons. The lowest BCUT2D eigenvalue weighted by molar-refractivity contribution is -0.124. The number of piperidine rings is 1. The van der Waals surface area contributed by atoms with Crippen LogP contribution in [0.2, 0.25) is 10.0 Å². The molecule has 2 saturated heterocycles. The van der Waals surface area contributed by atoms with Gasteiger partial charge in [0.2, 0.25) is 0 Å². The van der Waals surface area contributed by atoms with Crippen molar-refractivity contribution in [2.75, 3.05) is 0 Å². The van der Waals surface area contributed by atoms with E-state index in [1.54, 1.807) is 0 Å². The molecule has 2 fully saturated rings. The van der Waals surface area contributed by atoms with Gasteiger partial charge in [0, 0.05) is 24.4 Å². The van der Waals surface area contributed by atoms with Crippen LogP contribution in [0.15, 0.2) is 18.2 Å². The molecule has 108 valence electrons. The highest BCUT2D eigenvalue weighted by Crippen LogP contribution is 2.43. The first-order valence-corrected chi connectivity index (χ1v) is 8.09. The van der Waals surface area contributed by atoms with E-state index in [-0.39, 0.29) is 11.8 Å². The third-order valence-electron chi connectivity index (χ3n) is 4.77. The van der Waals surface area contributed by atoms with Gasteiger partial charge < -0.3 is 5.32 Å². The Bertz CT molecular complexity index is 531. The number of Topliss-reactive ketones (excluding diaryl/α,β-unsaturated/α-hetero) is 1. The van der Waals surface area contributed by atoms with Crippen LogP contribution in [0, 0.1) is 5.92 Å². The second kappa shape index (κ2) is 5.67. The van der Waals surface area contributed by atoms with E-state index in [0.29, 0.717) is 34.3 Å². The van der Waals surface area contributed by atoms with Gasteiger partial charge in [-0.25, -0.2) is 0 Å². The molecule has 4 heteroatoms. The van der Waals surface area contributed by atoms with E-state index in [4.69, 9.17) is 23.2 Å². The predicted octanol–water partition coefficient (Wildman–Crippen LogP) is 4.20. The van der Waals surface area contributed by atoms with Gasteiger partial charge in [-0.15, -0.1) is 0 Å². The first-order chi connectivity index (χ1) is 9.60. The van der Waals surface area contributed by atoms with Crippen LogP contribution in [0.1, 0.15) is 44.1 Å². The minimum absolute atomic E-state index is 0.0796. The van der Waals surface area contributed by atoms with Gasteiger partial charge in [0.05, 0.1) is 10.0 Å². The van der Waals surface area contributed by atoms with Gasteiger partial charge in [-0.05, 0) is 42.9 Å². The van der Waals surface area contributed by atoms with Crippen LogP contribution in [0.5, 0.6) is 0 Å². The molecule has 3 rings (SSSR count). The fraction of sp³-hybridized carbons (Fsp3) is 0.562. The summed E-state index contributed by atoms with van der Waals surface area (Å²) in [5.41, 5.74) is 1.16. The number of hydrogen-bond donors (Lipinski definition) is 1. The van der Waals surface area contributed by atoms with E-state index in [0.717, 1.165) is 18.4 Å². The summed E-state index contributed by atoms with van der Waals surface area (Å²) in [6, 6.07) is 6.69. The van der Waals surface area contributed by atoms with E-state index in [1.807, 2.05) is 25.1 Å². The summed E-state index contributed by atoms with van der Waals surface area (Å²) in [7, 11) is 0. The molecular formula is C16H19Cl2NO. The van der Waals surface area contributed by atoms with Crippen molar-refractivity contribution >= 4 is 29.0 Å². The number of carbonyl (C=O) groups is 1. The zero-order valence-electron chi connectivity index (χ0n) is 11.5. The van der Waals surface area contributed by atoms with Gasteiger partial charge in [0.25, 0.3) is 0 Å². The number of halogens is 2. The topological polar surface area (TPSA) is 29.1 Å². The Morgan fingerprint density at radius 1 is 1.30 bits per heavy atom. The summed E-state index contributed by atoms with van der Waals surface area (Å²) in [5, 5.41) is 4.76. The summed E-state index contributed by atoms with van der Waals surface area (Å²) >= 11 is 12.2. The number of carbonyl (C=O) groups excluding carboxylic acids is 1. The molecule has 2 aliphatic heterocycles. The first-order valence-electron chi connectivity index (χ1n) is 7.34. The fourth-order valence-corrected chi connectivity index (χ4v) is 4.13. The highest BCUT2D eigenvalue weighted by molar-refractivity contribution is 6.42. The summed E-state index contributed by atoms with van der Waals surface area (Å²) in [5.74, 6) is 0.714. The average Bonchev–Trinajstić information content (AvgIpc) is 2.82. The highest BCUT2D eigenvalue weighted by Gasteiger charge is 2.44. The minimum Gasteiger partial charge on any atom is -0.310 e. The quantitative estimate of drug-likeness (QED) is 0.906. The van der Waals surface area contributed by atoms with Crippen LogP contribution in [0.3, 0.4) is 0 Å². The maximum absolute atomic E-state index is 12.4. The summed E-state index contributed by atoms with van der Waals surface area (Å²) in [4.78, 5) is 12.4. The molecule has 4 atom stereocenters. The van der Waals surface area contributed by atoms with E-state index >= 15 is 0 Å². The van der Waals surface area contributed by atoms with E-state index < -0.39 is 0 Å². The van der Waals surface area contributed by atoms with Crippen molar-refractivity contribution in [3.05, 3.63) is 33.8 Å². The molecule has 0 spiro atoms. The molecule has 2 aliphatic rings. The van der Waals surface area contributed by atoms with Gasteiger partial charge in [-0.2, -0.15) is 0 Å². The number of fused-ring (bicyclic) bond motifs is 2. The van der Waals surface area contributed by atoms with Crippen molar-refractivity contribution in [2.24, 2.45) is 5.92 Å². The molecule has 20 heavy (non-hydrogen) atoms. The molecule has 0 saturated carbocycles. The molecule has 1 aromatic rings. The lowest BCUT2D eigenvalue weighted by Crippen LogP contribution is -2.47. The van der Waals surface area contributed by atoms with Crippen molar-refractivity contribution in [3.63, 3.8) is 0 Å². The van der Waals surface area contributed by atoms with Crippen LogP contribution in [-0.2, 0) is 4.79 Å². The molecule has 1 aromatic carbocycles. The van der Waals surface area contributed by atoms with Crippen molar-refractivity contribution in [2.45, 2.75) is 50.6 Å². The van der Waals surface area contributed by atoms with Gasteiger partial charge in [0.1, 0.15) is 5.78 Å². The molecule has 0 aliphatic carbocycles. The first kappa shape index (κ1) is 14.4. The Kier molecular flexibility index (Phi) is 4.07. The van der Waals surface area contributed by atoms with Gasteiger partial charge >= 0.3 is 0 Å². The van der Waals surface area contributed by atoms with Crippen molar-refractivity contribution < 1.29 is 4.79 Å². The standard InChI is InChI=1S/C16H19Cl2NO/c1-2-15(20)16-11(8-10-4-6-14(16)19-10)9-3-5-12(17)13(18)7-9/h3,5,7,10-11,14,16,19H,2,4,6,8H2,1H3. The molecule has 2 bridgehead atoms. The van der Waals surface area contributed by atoms with Crippen LogP contribution in [0.4, 0.5) is 0 Å². The summed E-state index contributed by atoms with van der Waals surface area (Å²) in [6.45, 7) is 1.95. The molecule has 1 N–H and O–H groups in total. The lowest BCUT2D eigenvalue weighted by Gasteiger charge is -2.37. The number of nitrogens with one attached hydrogen (secondary N) is 1. The molecular weight excluding hydrogens is 293 g/mol. The summed E-state index contributed by atoms with van der Waals surface area (Å²) in [6.07, 6.45) is 3.91. The molecule has 2 nitrogen and oxygen atoms in total. The predicted molar refractivity (Wildman–Crippen MR) is 82.6 cm³/mol. The smallest absolute Gasteiger partial charge is 0.137 e. The average molecular weight is 312 g/mol. The molecule has 4 unspecified atom stereocenters. The van der Waals surface area contributed by atoms with Crippen molar-refractivity contribution in [3.8, 4) is 0 Å². The Morgan fingerprint density at radius 3 is 2.80 bits per heavy atom. The number of hydrogen-bond acceptors (Lipinski definition) is 2. The van der Waals surface area contributed by atoms with Crippen LogP contribution < -0.4 is 5.32 Å². The molecule has 0 aromatic heterocycles. The Labute approximate surface area is 129 Å². The second-order valence-corrected chi connectivity index (χ2v) is 6.72. The van der Waals surface area contributed by atoms with E-state index in [9.17, 15) is 4.79 Å². The number of rotatable bonds is 3. The van der Waals surface area contributed by atoms with Crippen molar-refractivity contribution in [1.82, 2.24) is 5.32 Å². The Balaban J connectivity index is 1.96. The van der Waals surface area contributed by atoms with Gasteiger partial charge in [-0.1, -0.05) is 36.2 Å². The zero-order chi connectivity index (χ0) is 14.3. The third-order valence-corrected chi connectivity index (χ3v) is 5.51. The maximum Gasteiger partial charge on any atom is 0.137 e. The Hall–Kier alpha value is -0.570. The SMILES string of the molecule is CCC(=O)C1C2CCC(CC1c1ccc(Cl)c(Cl)c1)N2. The largest absolute Gasteiger partial charge is 0.310 e. The van der Waals surface area contributed by atoms with Gasteiger partial charge in [-0.3, -0.25) is 4.79 Å². The van der Waals surface area contributed by atoms with Crippen LogP contribution >= 0.6 is 23.2 Å². The lowest BCUT2D eigenvalue weighted by atomic mass is 9.74. The van der Waals surface area contributed by atoms with Crippen LogP contribution in [-0.4, -0.2) is 17.9 Å². The normalized spacial score (nSPS) is 32.4. The van der Waals surface area contributed by atoms with Crippen molar-refractivity contribution in [1.29, 1.82) is 0 Å². The van der Waals surface area contributed by atoms with E-state index in [1.165, 1.54) is 6.42 Å². The molecule has 0 amide bonds. The molecule has 2 heterocycles. The number of ketones is 1. The second-order valence-electron chi connectivity index (χ2n) is 5.91. The Morgan fingerprint density at radius 2 is 2.10 bits per heavy atom. The fourth-order valence-electron chi connectivity index (χ4n) is 3.82. The van der Waals surface area contributed by atoms with Gasteiger partial charge in [0.15, 0.2) is 0 Å². The van der Waals surface area contributed by atoms with E-state index in [2.05, 4.69) is 5.32 Å². The monoisotopic (exact) mass is 311 g/mol. The summed E-state index contributed by atoms with van der Waals surface area (Å²) < 4.78 is 0. The minimum atomic E-state index is 0.0796. The highest BCUT2D eigenvalue weighted by atomic mass is 35.5. The zero-order valence-corrected chi connectivity index (χ0v) is 13.0. The number of benzene rings is 1. The van der Waals surface area contributed by atoms with Crippen LogP contribution in [0.25, 0.3) is 0 Å². The maximum atomic E-state index is 12.4. The third kappa shape index (κ3) is 2.49.